The van der Waals surface area contributed by atoms with Crippen LogP contribution in [0, 0.1) is 13.8 Å². The van der Waals surface area contributed by atoms with Gasteiger partial charge in [0.2, 0.25) is 0 Å². The van der Waals surface area contributed by atoms with Crippen molar-refractivity contribution in [3.05, 3.63) is 46.5 Å². The van der Waals surface area contributed by atoms with Crippen molar-refractivity contribution in [3.8, 4) is 0 Å². The molecule has 0 aliphatic heterocycles. The number of rotatable bonds is 4. The standard InChI is InChI=1S/C15H22N4/c1-5-12-8-13(19(4)18-12)9-15(16)14-7-6-10(2)17-11(14)3/h6-8,15H,5,9,16H2,1-4H3. The Morgan fingerprint density at radius 3 is 2.63 bits per heavy atom. The largest absolute Gasteiger partial charge is 0.324 e. The van der Waals surface area contributed by atoms with Crippen molar-refractivity contribution in [3.63, 3.8) is 0 Å². The summed E-state index contributed by atoms with van der Waals surface area (Å²) in [7, 11) is 1.97. The third-order valence-electron chi connectivity index (χ3n) is 3.48. The van der Waals surface area contributed by atoms with Gasteiger partial charge in [-0.25, -0.2) is 0 Å². The van der Waals surface area contributed by atoms with E-state index in [9.17, 15) is 0 Å². The zero-order valence-electron chi connectivity index (χ0n) is 12.1. The molecule has 2 heterocycles. The number of pyridine rings is 1. The topological polar surface area (TPSA) is 56.7 Å². The van der Waals surface area contributed by atoms with Gasteiger partial charge < -0.3 is 5.73 Å². The highest BCUT2D eigenvalue weighted by molar-refractivity contribution is 5.26. The van der Waals surface area contributed by atoms with E-state index in [2.05, 4.69) is 29.1 Å². The Hall–Kier alpha value is -1.68. The third kappa shape index (κ3) is 3.01. The summed E-state index contributed by atoms with van der Waals surface area (Å²) in [5, 5.41) is 4.46. The van der Waals surface area contributed by atoms with Crippen molar-refractivity contribution in [2.75, 3.05) is 0 Å². The second-order valence-electron chi connectivity index (χ2n) is 5.04. The molecule has 0 aromatic carbocycles. The van der Waals surface area contributed by atoms with Crippen LogP contribution in [0.1, 0.15) is 41.3 Å². The predicted molar refractivity (Wildman–Crippen MR) is 76.9 cm³/mol. The van der Waals surface area contributed by atoms with Crippen LogP contribution in [0.3, 0.4) is 0 Å². The van der Waals surface area contributed by atoms with Gasteiger partial charge in [-0.3, -0.25) is 9.67 Å². The molecule has 4 nitrogen and oxygen atoms in total. The molecule has 0 radical (unpaired) electrons. The Morgan fingerprint density at radius 2 is 2.05 bits per heavy atom. The number of hydrogen-bond donors (Lipinski definition) is 1. The van der Waals surface area contributed by atoms with Crippen LogP contribution < -0.4 is 5.73 Å². The number of aromatic nitrogens is 3. The number of aryl methyl sites for hydroxylation is 4. The highest BCUT2D eigenvalue weighted by Gasteiger charge is 2.13. The minimum absolute atomic E-state index is 0.0341. The van der Waals surface area contributed by atoms with Crippen LogP contribution in [0.5, 0.6) is 0 Å². The highest BCUT2D eigenvalue weighted by atomic mass is 15.3. The molecule has 2 aromatic rings. The summed E-state index contributed by atoms with van der Waals surface area (Å²) < 4.78 is 1.93. The van der Waals surface area contributed by atoms with Crippen LogP contribution in [0.4, 0.5) is 0 Å². The van der Waals surface area contributed by atoms with Gasteiger partial charge in [0.1, 0.15) is 0 Å². The van der Waals surface area contributed by atoms with Crippen LogP contribution in [-0.4, -0.2) is 14.8 Å². The molecular formula is C15H22N4. The first-order valence-electron chi connectivity index (χ1n) is 6.72. The van der Waals surface area contributed by atoms with E-state index >= 15 is 0 Å². The van der Waals surface area contributed by atoms with Gasteiger partial charge in [-0.2, -0.15) is 5.10 Å². The molecule has 2 rings (SSSR count). The molecule has 0 saturated carbocycles. The molecule has 0 aliphatic rings. The lowest BCUT2D eigenvalue weighted by Gasteiger charge is -2.14. The zero-order chi connectivity index (χ0) is 14.0. The fraction of sp³-hybridized carbons (Fsp3) is 0.467. The lowest BCUT2D eigenvalue weighted by molar-refractivity contribution is 0.633. The summed E-state index contributed by atoms with van der Waals surface area (Å²) >= 11 is 0. The van der Waals surface area contributed by atoms with E-state index in [1.165, 1.54) is 5.69 Å². The highest BCUT2D eigenvalue weighted by Crippen LogP contribution is 2.19. The SMILES string of the molecule is CCc1cc(CC(N)c2ccc(C)nc2C)n(C)n1. The van der Waals surface area contributed by atoms with Crippen molar-refractivity contribution >= 4 is 0 Å². The van der Waals surface area contributed by atoms with Gasteiger partial charge in [0.25, 0.3) is 0 Å². The maximum absolute atomic E-state index is 6.32. The third-order valence-corrected chi connectivity index (χ3v) is 3.48. The molecule has 0 bridgehead atoms. The molecule has 0 fully saturated rings. The summed E-state index contributed by atoms with van der Waals surface area (Å²) in [4.78, 5) is 4.48. The smallest absolute Gasteiger partial charge is 0.0624 e. The van der Waals surface area contributed by atoms with E-state index in [4.69, 9.17) is 5.73 Å². The van der Waals surface area contributed by atoms with E-state index < -0.39 is 0 Å². The number of nitrogens with zero attached hydrogens (tertiary/aromatic N) is 3. The fourth-order valence-corrected chi connectivity index (χ4v) is 2.36. The molecule has 0 amide bonds. The number of nitrogens with two attached hydrogens (primary N) is 1. The Labute approximate surface area is 114 Å². The van der Waals surface area contributed by atoms with E-state index in [-0.39, 0.29) is 6.04 Å². The van der Waals surface area contributed by atoms with Gasteiger partial charge in [0.05, 0.1) is 5.69 Å². The first-order valence-corrected chi connectivity index (χ1v) is 6.72. The van der Waals surface area contributed by atoms with Gasteiger partial charge in [0.15, 0.2) is 0 Å². The minimum atomic E-state index is -0.0341. The van der Waals surface area contributed by atoms with Gasteiger partial charge in [-0.05, 0) is 38.0 Å². The first kappa shape index (κ1) is 13.7. The molecule has 19 heavy (non-hydrogen) atoms. The predicted octanol–water partition coefficient (Wildman–Crippen LogP) is 2.24. The van der Waals surface area contributed by atoms with Crippen LogP contribution in [0.25, 0.3) is 0 Å². The normalized spacial score (nSPS) is 12.7. The Kier molecular flexibility index (Phi) is 4.00. The summed E-state index contributed by atoms with van der Waals surface area (Å²) in [5.41, 5.74) is 11.8. The molecule has 4 heteroatoms. The van der Waals surface area contributed by atoms with Crippen molar-refractivity contribution in [2.24, 2.45) is 12.8 Å². The maximum Gasteiger partial charge on any atom is 0.0624 e. The van der Waals surface area contributed by atoms with E-state index in [0.29, 0.717) is 0 Å². The summed E-state index contributed by atoms with van der Waals surface area (Å²) in [6.07, 6.45) is 1.74. The van der Waals surface area contributed by atoms with Gasteiger partial charge in [0, 0.05) is 36.6 Å². The fourth-order valence-electron chi connectivity index (χ4n) is 2.36. The Balaban J connectivity index is 2.20. The first-order chi connectivity index (χ1) is 9.01. The molecule has 0 aliphatic carbocycles. The van der Waals surface area contributed by atoms with E-state index in [1.807, 2.05) is 31.6 Å². The van der Waals surface area contributed by atoms with Crippen LogP contribution in [0.15, 0.2) is 18.2 Å². The lowest BCUT2D eigenvalue weighted by atomic mass is 10.0. The zero-order valence-corrected chi connectivity index (χ0v) is 12.1. The second kappa shape index (κ2) is 5.53. The monoisotopic (exact) mass is 258 g/mol. The van der Waals surface area contributed by atoms with E-state index in [0.717, 1.165) is 35.5 Å². The van der Waals surface area contributed by atoms with Crippen molar-refractivity contribution in [1.82, 2.24) is 14.8 Å². The number of hydrogen-bond acceptors (Lipinski definition) is 3. The van der Waals surface area contributed by atoms with Crippen LogP contribution >= 0.6 is 0 Å². The molecular weight excluding hydrogens is 236 g/mol. The average Bonchev–Trinajstić information content (AvgIpc) is 2.70. The molecule has 1 atom stereocenters. The second-order valence-corrected chi connectivity index (χ2v) is 5.04. The minimum Gasteiger partial charge on any atom is -0.324 e. The Morgan fingerprint density at radius 1 is 1.32 bits per heavy atom. The average molecular weight is 258 g/mol. The molecule has 0 saturated heterocycles. The molecule has 0 spiro atoms. The van der Waals surface area contributed by atoms with E-state index in [1.54, 1.807) is 0 Å². The lowest BCUT2D eigenvalue weighted by Crippen LogP contribution is -2.17. The van der Waals surface area contributed by atoms with Crippen molar-refractivity contribution in [2.45, 2.75) is 39.7 Å². The quantitative estimate of drug-likeness (QED) is 0.915. The molecule has 2 aromatic heterocycles. The van der Waals surface area contributed by atoms with Crippen LogP contribution in [0.2, 0.25) is 0 Å². The summed E-state index contributed by atoms with van der Waals surface area (Å²) in [5.74, 6) is 0. The Bertz CT molecular complexity index is 572. The van der Waals surface area contributed by atoms with Crippen LogP contribution in [-0.2, 0) is 19.9 Å². The van der Waals surface area contributed by atoms with Gasteiger partial charge in [-0.1, -0.05) is 13.0 Å². The molecule has 2 N–H and O–H groups in total. The van der Waals surface area contributed by atoms with Crippen molar-refractivity contribution in [1.29, 1.82) is 0 Å². The van der Waals surface area contributed by atoms with Gasteiger partial charge in [-0.15, -0.1) is 0 Å². The maximum atomic E-state index is 6.32. The molecule has 1 unspecified atom stereocenters. The summed E-state index contributed by atoms with van der Waals surface area (Å²) in [6.45, 7) is 6.12. The van der Waals surface area contributed by atoms with Crippen molar-refractivity contribution < 1.29 is 0 Å². The molecule has 102 valence electrons. The van der Waals surface area contributed by atoms with Gasteiger partial charge >= 0.3 is 0 Å². The summed E-state index contributed by atoms with van der Waals surface area (Å²) in [6, 6.07) is 6.20.